The van der Waals surface area contributed by atoms with Gasteiger partial charge in [-0.15, -0.1) is 0 Å². The zero-order chi connectivity index (χ0) is 17.2. The molecule has 0 bridgehead atoms. The monoisotopic (exact) mass is 352 g/mol. The third kappa shape index (κ3) is 18.0. The van der Waals surface area contributed by atoms with Crippen LogP contribution in [0.5, 0.6) is 0 Å². The molecule has 0 saturated heterocycles. The van der Waals surface area contributed by atoms with E-state index in [1.165, 1.54) is 51.4 Å². The number of alkyl halides is 1. The van der Waals surface area contributed by atoms with Crippen molar-refractivity contribution in [2.75, 3.05) is 19.0 Å². The molecule has 0 atom stereocenters. The van der Waals surface area contributed by atoms with Crippen LogP contribution in [0.25, 0.3) is 0 Å². The first-order valence-electron chi connectivity index (χ1n) is 9.55. The van der Waals surface area contributed by atoms with Crippen LogP contribution >= 0.6 is 0 Å². The normalized spacial score (nSPS) is 11.9. The highest BCUT2D eigenvalue weighted by atomic mass is 32.2. The fourth-order valence-electron chi connectivity index (χ4n) is 2.56. The van der Waals surface area contributed by atoms with Gasteiger partial charge in [-0.1, -0.05) is 77.6 Å². The number of hydrogen-bond acceptors (Lipinski definition) is 3. The van der Waals surface area contributed by atoms with Crippen molar-refractivity contribution < 1.29 is 17.0 Å². The molecule has 0 aromatic rings. The number of hydrogen-bond donors (Lipinski definition) is 0. The Kier molecular flexibility index (Phi) is 16.6. The molecule has 0 saturated carbocycles. The number of rotatable bonds is 18. The van der Waals surface area contributed by atoms with Crippen LogP contribution in [0.1, 0.15) is 96.8 Å². The summed E-state index contributed by atoms with van der Waals surface area (Å²) in [5, 5.41) is 0. The molecule has 0 amide bonds. The van der Waals surface area contributed by atoms with E-state index in [-0.39, 0.29) is 12.4 Å². The first-order chi connectivity index (χ1) is 11.1. The maximum atomic E-state index is 11.9. The van der Waals surface area contributed by atoms with Crippen LogP contribution in [0.4, 0.5) is 4.39 Å². The first kappa shape index (κ1) is 22.8. The van der Waals surface area contributed by atoms with Gasteiger partial charge in [0.15, 0.2) is 0 Å². The topological polar surface area (TPSA) is 43.4 Å². The van der Waals surface area contributed by atoms with E-state index in [1.54, 1.807) is 0 Å². The fourth-order valence-corrected chi connectivity index (χ4v) is 3.61. The smallest absolute Gasteiger partial charge is 0.267 e. The van der Waals surface area contributed by atoms with Gasteiger partial charge in [-0.2, -0.15) is 8.42 Å². The lowest BCUT2D eigenvalue weighted by Crippen LogP contribution is -2.11. The lowest BCUT2D eigenvalue weighted by atomic mass is 10.1. The zero-order valence-corrected chi connectivity index (χ0v) is 15.8. The summed E-state index contributed by atoms with van der Waals surface area (Å²) in [5.41, 5.74) is 0. The molecule has 5 heteroatoms. The van der Waals surface area contributed by atoms with Gasteiger partial charge in [-0.25, -0.2) is 0 Å². The van der Waals surface area contributed by atoms with Gasteiger partial charge in [0, 0.05) is 0 Å². The molecule has 0 aliphatic heterocycles. The fraction of sp³-hybridized carbons (Fsp3) is 1.00. The molecule has 0 aromatic carbocycles. The predicted octanol–water partition coefficient (Wildman–Crippen LogP) is 5.78. The molecule has 0 aliphatic carbocycles. The molecule has 0 rings (SSSR count). The van der Waals surface area contributed by atoms with Crippen LogP contribution in [0, 0.1) is 0 Å². The summed E-state index contributed by atoms with van der Waals surface area (Å²) >= 11 is 0. The van der Waals surface area contributed by atoms with E-state index in [0.717, 1.165) is 25.7 Å². The Labute approximate surface area is 143 Å². The van der Waals surface area contributed by atoms with Crippen LogP contribution in [-0.2, 0) is 14.3 Å². The highest BCUT2D eigenvalue weighted by Crippen LogP contribution is 2.11. The molecule has 0 unspecified atom stereocenters. The molecule has 0 aromatic heterocycles. The Morgan fingerprint density at radius 1 is 0.696 bits per heavy atom. The van der Waals surface area contributed by atoms with E-state index < -0.39 is 10.1 Å². The Bertz CT molecular complexity index is 331. The largest absolute Gasteiger partial charge is 0.270 e. The second-order valence-corrected chi connectivity index (χ2v) is 8.13. The summed E-state index contributed by atoms with van der Waals surface area (Å²) in [7, 11) is -3.37. The highest BCUT2D eigenvalue weighted by Gasteiger charge is 2.10. The van der Waals surface area contributed by atoms with Crippen molar-refractivity contribution in [2.45, 2.75) is 96.8 Å². The van der Waals surface area contributed by atoms with Gasteiger partial charge in [0.1, 0.15) is 0 Å². The molecule has 0 N–H and O–H groups in total. The van der Waals surface area contributed by atoms with Gasteiger partial charge in [0.05, 0.1) is 19.0 Å². The van der Waals surface area contributed by atoms with E-state index in [4.69, 9.17) is 4.18 Å². The van der Waals surface area contributed by atoms with Crippen molar-refractivity contribution in [3.05, 3.63) is 0 Å². The highest BCUT2D eigenvalue weighted by molar-refractivity contribution is 7.86. The molecule has 0 fully saturated rings. The molecular formula is C18H37FO3S. The van der Waals surface area contributed by atoms with Gasteiger partial charge in [-0.05, 0) is 19.3 Å². The lowest BCUT2D eigenvalue weighted by molar-refractivity contribution is 0.305. The summed E-state index contributed by atoms with van der Waals surface area (Å²) in [6.07, 6.45) is 14.8. The maximum absolute atomic E-state index is 11.9. The van der Waals surface area contributed by atoms with Crippen molar-refractivity contribution in [1.29, 1.82) is 0 Å². The maximum Gasteiger partial charge on any atom is 0.267 e. The van der Waals surface area contributed by atoms with E-state index in [2.05, 4.69) is 6.92 Å². The summed E-state index contributed by atoms with van der Waals surface area (Å²) < 4.78 is 40.2. The molecule has 23 heavy (non-hydrogen) atoms. The Balaban J connectivity index is 3.32. The standard InChI is InChI=1S/C18H37FO3S/c1-2-3-4-5-6-7-8-9-11-14-17-22-23(20,21)18-15-12-10-13-16-19/h2-18H2,1H3. The number of halogens is 1. The van der Waals surface area contributed by atoms with Crippen molar-refractivity contribution in [1.82, 2.24) is 0 Å². The lowest BCUT2D eigenvalue weighted by Gasteiger charge is -2.06. The van der Waals surface area contributed by atoms with Crippen molar-refractivity contribution >= 4 is 10.1 Å². The Morgan fingerprint density at radius 2 is 1.17 bits per heavy atom. The van der Waals surface area contributed by atoms with E-state index in [0.29, 0.717) is 19.4 Å². The second kappa shape index (κ2) is 16.7. The minimum atomic E-state index is -3.37. The van der Waals surface area contributed by atoms with Crippen LogP contribution < -0.4 is 0 Å². The Morgan fingerprint density at radius 3 is 1.74 bits per heavy atom. The van der Waals surface area contributed by atoms with Crippen molar-refractivity contribution in [3.63, 3.8) is 0 Å². The van der Waals surface area contributed by atoms with Crippen molar-refractivity contribution in [2.24, 2.45) is 0 Å². The molecule has 0 spiro atoms. The van der Waals surface area contributed by atoms with Crippen LogP contribution in [-0.4, -0.2) is 27.5 Å². The van der Waals surface area contributed by atoms with Gasteiger partial charge in [-0.3, -0.25) is 8.57 Å². The van der Waals surface area contributed by atoms with Crippen LogP contribution in [0.15, 0.2) is 0 Å². The van der Waals surface area contributed by atoms with E-state index >= 15 is 0 Å². The van der Waals surface area contributed by atoms with Gasteiger partial charge in [0.2, 0.25) is 0 Å². The van der Waals surface area contributed by atoms with Gasteiger partial charge < -0.3 is 0 Å². The quantitative estimate of drug-likeness (QED) is 0.232. The molecule has 0 heterocycles. The third-order valence-corrected chi connectivity index (χ3v) is 5.35. The molecule has 0 aliphatic rings. The van der Waals surface area contributed by atoms with E-state index in [1.807, 2.05) is 0 Å². The number of unbranched alkanes of at least 4 members (excludes halogenated alkanes) is 12. The Hall–Kier alpha value is -0.160. The summed E-state index contributed by atoms with van der Waals surface area (Å²) in [6.45, 7) is 2.22. The van der Waals surface area contributed by atoms with Gasteiger partial charge in [0.25, 0.3) is 10.1 Å². The summed E-state index contributed by atoms with van der Waals surface area (Å²) in [4.78, 5) is 0. The summed E-state index contributed by atoms with van der Waals surface area (Å²) in [6, 6.07) is 0. The van der Waals surface area contributed by atoms with Crippen LogP contribution in [0.2, 0.25) is 0 Å². The predicted molar refractivity (Wildman–Crippen MR) is 96.0 cm³/mol. The van der Waals surface area contributed by atoms with E-state index in [9.17, 15) is 12.8 Å². The zero-order valence-electron chi connectivity index (χ0n) is 15.0. The second-order valence-electron chi connectivity index (χ2n) is 6.37. The molecular weight excluding hydrogens is 315 g/mol. The average Bonchev–Trinajstić information content (AvgIpc) is 2.52. The summed E-state index contributed by atoms with van der Waals surface area (Å²) in [5.74, 6) is 0.0665. The SMILES string of the molecule is CCCCCCCCCCCCOS(=O)(=O)CCCCCCF. The van der Waals surface area contributed by atoms with Crippen LogP contribution in [0.3, 0.4) is 0 Å². The minimum absolute atomic E-state index is 0.0665. The minimum Gasteiger partial charge on any atom is -0.270 e. The molecule has 140 valence electrons. The molecule has 3 nitrogen and oxygen atoms in total. The van der Waals surface area contributed by atoms with Crippen molar-refractivity contribution in [3.8, 4) is 0 Å². The van der Waals surface area contributed by atoms with Gasteiger partial charge >= 0.3 is 0 Å². The average molecular weight is 353 g/mol. The third-order valence-electron chi connectivity index (χ3n) is 4.04. The first-order valence-corrected chi connectivity index (χ1v) is 11.1. The molecule has 0 radical (unpaired) electrons.